The second-order valence-corrected chi connectivity index (χ2v) is 14.6. The summed E-state index contributed by atoms with van der Waals surface area (Å²) in [4.78, 5) is 79.2. The number of phosphoric ester groups is 1. The molecule has 2 fully saturated rings. The van der Waals surface area contributed by atoms with Gasteiger partial charge in [0.2, 0.25) is 17.7 Å². The molecule has 30 heteroatoms. The third-order valence-corrected chi connectivity index (χ3v) is 9.72. The Labute approximate surface area is 345 Å². The van der Waals surface area contributed by atoms with E-state index in [9.17, 15) is 69.2 Å². The lowest BCUT2D eigenvalue weighted by Gasteiger charge is -2.46. The first kappa shape index (κ1) is 51.5. The van der Waals surface area contributed by atoms with E-state index in [0.29, 0.717) is 0 Å². The van der Waals surface area contributed by atoms with Gasteiger partial charge in [0.05, 0.1) is 71.5 Å². The second-order valence-electron chi connectivity index (χ2n) is 13.2. The van der Waals surface area contributed by atoms with Crippen LogP contribution in [0.3, 0.4) is 0 Å². The smallest absolute Gasteiger partial charge is 0.475 e. The Morgan fingerprint density at radius 1 is 1.00 bits per heavy atom. The number of rotatable bonds is 27. The summed E-state index contributed by atoms with van der Waals surface area (Å²) in [6.07, 6.45) is -15.9. The van der Waals surface area contributed by atoms with Gasteiger partial charge in [-0.25, -0.2) is 24.6 Å². The van der Waals surface area contributed by atoms with Crippen LogP contribution in [0.5, 0.6) is 0 Å². The zero-order valence-electron chi connectivity index (χ0n) is 32.3. The standard InChI is InChI=1S/C31H52N7O22P/c32-19-1-4-38(30(50)36-19)28-26(47)25(46)18(58-28)14-57-61(51,52)60-31(29(48)49)11-16(40)23(27(59-31)24(45)17(41)13-39)37-21(43)12-35-20(42)2-5-53-7-9-55-10-8-54-6-3-34-22(44)15-56-33/h1,4,16-18,23-28,39-41,45-47H,2-3,5-15,33H2,(H,34,44)(H,35,42)(H,37,43)(H,48,49)(H,51,52)(H2,32,36,50)/t16?,17-,18-,23?,24-,25?,26?,27?,28-,31?/m1/s1. The summed E-state index contributed by atoms with van der Waals surface area (Å²) in [7, 11) is -5.65. The number of ether oxygens (including phenoxy) is 5. The number of aliphatic hydroxyl groups is 6. The molecule has 11 atom stereocenters. The maximum Gasteiger partial charge on any atom is 0.475 e. The van der Waals surface area contributed by atoms with Crippen LogP contribution in [0.2, 0.25) is 0 Å². The van der Waals surface area contributed by atoms with Crippen LogP contribution >= 0.6 is 7.82 Å². The number of nitrogen functional groups attached to an aromatic ring is 1. The molecule has 1 aromatic rings. The van der Waals surface area contributed by atoms with Gasteiger partial charge in [0.1, 0.15) is 49.0 Å². The van der Waals surface area contributed by atoms with Crippen molar-refractivity contribution >= 4 is 37.3 Å². The lowest BCUT2D eigenvalue weighted by Crippen LogP contribution is -2.68. The fourth-order valence-electron chi connectivity index (χ4n) is 5.68. The predicted octanol–water partition coefficient (Wildman–Crippen LogP) is -7.73. The summed E-state index contributed by atoms with van der Waals surface area (Å²) in [6.45, 7) is -2.07. The highest BCUT2D eigenvalue weighted by Crippen LogP contribution is 2.51. The molecule has 348 valence electrons. The van der Waals surface area contributed by atoms with Crippen molar-refractivity contribution < 1.29 is 102 Å². The average Bonchev–Trinajstić information content (AvgIpc) is 3.48. The number of aliphatic hydroxyl groups excluding tert-OH is 6. The van der Waals surface area contributed by atoms with Crippen molar-refractivity contribution in [2.45, 2.75) is 73.6 Å². The Morgan fingerprint density at radius 2 is 1.66 bits per heavy atom. The van der Waals surface area contributed by atoms with Crippen LogP contribution in [0.1, 0.15) is 19.1 Å². The van der Waals surface area contributed by atoms with Crippen LogP contribution in [-0.2, 0) is 61.3 Å². The fraction of sp³-hybridized carbons (Fsp3) is 0.742. The Bertz CT molecular complexity index is 1700. The summed E-state index contributed by atoms with van der Waals surface area (Å²) in [5.41, 5.74) is 4.47. The van der Waals surface area contributed by atoms with Gasteiger partial charge in [0, 0.05) is 25.6 Å². The third kappa shape index (κ3) is 15.8. The molecule has 15 N–H and O–H groups in total. The number of nitrogens with two attached hydrogens (primary N) is 2. The molecule has 61 heavy (non-hydrogen) atoms. The highest BCUT2D eigenvalue weighted by atomic mass is 31.2. The molecule has 0 radical (unpaired) electrons. The molecule has 0 saturated carbocycles. The quantitative estimate of drug-likeness (QED) is 0.0221. The van der Waals surface area contributed by atoms with Crippen molar-refractivity contribution in [1.82, 2.24) is 25.5 Å². The molecule has 2 aliphatic heterocycles. The van der Waals surface area contributed by atoms with E-state index in [4.69, 9.17) is 44.4 Å². The number of carboxylic acid groups (broad SMARTS) is 1. The molecule has 1 aromatic heterocycles. The number of phosphoric acid groups is 1. The minimum Gasteiger partial charge on any atom is -0.477 e. The van der Waals surface area contributed by atoms with Crippen LogP contribution in [0.25, 0.3) is 0 Å². The van der Waals surface area contributed by atoms with E-state index in [1.165, 1.54) is 6.07 Å². The third-order valence-electron chi connectivity index (χ3n) is 8.72. The molecule has 0 spiro atoms. The average molecular weight is 906 g/mol. The molecule has 0 aliphatic carbocycles. The summed E-state index contributed by atoms with van der Waals surface area (Å²) < 4.78 is 50.2. The van der Waals surface area contributed by atoms with Crippen LogP contribution in [0.4, 0.5) is 5.82 Å². The van der Waals surface area contributed by atoms with Crippen molar-refractivity contribution in [2.75, 3.05) is 78.3 Å². The number of hydrogen-bond acceptors (Lipinski definition) is 23. The van der Waals surface area contributed by atoms with Gasteiger partial charge in [-0.2, -0.15) is 4.98 Å². The van der Waals surface area contributed by atoms with Gasteiger partial charge in [-0.15, -0.1) is 0 Å². The highest BCUT2D eigenvalue weighted by Gasteiger charge is 2.59. The Hall–Kier alpha value is -3.85. The molecule has 3 rings (SSSR count). The van der Waals surface area contributed by atoms with E-state index in [0.717, 1.165) is 10.8 Å². The molecule has 29 nitrogen and oxygen atoms in total. The molecule has 7 unspecified atom stereocenters. The topological polar surface area (TPSA) is 444 Å². The highest BCUT2D eigenvalue weighted by molar-refractivity contribution is 7.47. The van der Waals surface area contributed by atoms with E-state index < -0.39 is 124 Å². The fourth-order valence-corrected chi connectivity index (χ4v) is 6.64. The number of nitrogens with one attached hydrogen (secondary N) is 3. The minimum atomic E-state index is -5.65. The number of anilines is 1. The monoisotopic (exact) mass is 905 g/mol. The van der Waals surface area contributed by atoms with E-state index in [-0.39, 0.29) is 65.0 Å². The Morgan fingerprint density at radius 3 is 2.28 bits per heavy atom. The van der Waals surface area contributed by atoms with E-state index >= 15 is 0 Å². The Balaban J connectivity index is 1.50. The first-order valence-corrected chi connectivity index (χ1v) is 19.8. The molecular formula is C31H52N7O22P. The molecule has 0 bridgehead atoms. The SMILES string of the molecule is NOCC(=O)NCCOCCOCCOCCC(=O)NCC(=O)NC1C(O)CC(OP(=O)(O)OC[C@H]2O[C@@H](n3ccc(N)nc3=O)C(O)C2O)(C(=O)O)OC1[C@H](O)[C@H](O)CO. The van der Waals surface area contributed by atoms with Crippen LogP contribution in [0, 0.1) is 0 Å². The zero-order valence-corrected chi connectivity index (χ0v) is 33.2. The second kappa shape index (κ2) is 24.7. The number of nitrogens with zero attached hydrogens (tertiary/aromatic N) is 2. The number of carbonyl (C=O) groups excluding carboxylic acids is 3. The van der Waals surface area contributed by atoms with Gasteiger partial charge >= 0.3 is 19.5 Å². The van der Waals surface area contributed by atoms with Crippen LogP contribution < -0.4 is 33.3 Å². The van der Waals surface area contributed by atoms with E-state index in [1.54, 1.807) is 0 Å². The first-order chi connectivity index (χ1) is 28.8. The molecule has 0 aromatic carbocycles. The van der Waals surface area contributed by atoms with Gasteiger partial charge in [0.25, 0.3) is 5.79 Å². The molecule has 2 saturated heterocycles. The number of amides is 3. The predicted molar refractivity (Wildman–Crippen MR) is 196 cm³/mol. The van der Waals surface area contributed by atoms with Crippen molar-refractivity contribution in [2.24, 2.45) is 5.90 Å². The first-order valence-electron chi connectivity index (χ1n) is 18.3. The van der Waals surface area contributed by atoms with E-state index in [2.05, 4.69) is 25.8 Å². The molecule has 2 aliphatic rings. The number of aromatic nitrogens is 2. The largest absolute Gasteiger partial charge is 0.477 e. The maximum absolute atomic E-state index is 13.1. The van der Waals surface area contributed by atoms with Gasteiger partial charge in [-0.3, -0.25) is 28.3 Å². The number of hydrogen-bond donors (Lipinski definition) is 13. The van der Waals surface area contributed by atoms with Crippen LogP contribution in [-0.4, -0.2) is 201 Å². The normalized spacial score (nSPS) is 27.1. The van der Waals surface area contributed by atoms with Crippen molar-refractivity contribution in [1.29, 1.82) is 0 Å². The van der Waals surface area contributed by atoms with Crippen LogP contribution in [0.15, 0.2) is 17.1 Å². The number of carboxylic acids is 1. The molecular weight excluding hydrogens is 853 g/mol. The summed E-state index contributed by atoms with van der Waals surface area (Å²) in [6, 6.07) is -0.615. The number of aliphatic carboxylic acids is 1. The van der Waals surface area contributed by atoms with E-state index in [1.807, 2.05) is 0 Å². The summed E-state index contributed by atoms with van der Waals surface area (Å²) in [5, 5.41) is 79.4. The Kier molecular flexibility index (Phi) is 20.9. The lowest BCUT2D eigenvalue weighted by atomic mass is 9.88. The van der Waals surface area contributed by atoms with Gasteiger partial charge < -0.3 is 86.0 Å². The number of carbonyl (C=O) groups is 4. The van der Waals surface area contributed by atoms with Gasteiger partial charge in [0.15, 0.2) is 6.23 Å². The van der Waals surface area contributed by atoms with Crippen molar-refractivity contribution in [3.63, 3.8) is 0 Å². The zero-order chi connectivity index (χ0) is 45.3. The van der Waals surface area contributed by atoms with Crippen molar-refractivity contribution in [3.05, 3.63) is 22.7 Å². The van der Waals surface area contributed by atoms with Gasteiger partial charge in [-0.1, -0.05) is 0 Å². The summed E-state index contributed by atoms with van der Waals surface area (Å²) in [5.74, 6) is -2.96. The van der Waals surface area contributed by atoms with Gasteiger partial charge in [-0.05, 0) is 6.07 Å². The lowest BCUT2D eigenvalue weighted by molar-refractivity contribution is -0.289. The summed E-state index contributed by atoms with van der Waals surface area (Å²) >= 11 is 0. The molecule has 3 heterocycles. The minimum absolute atomic E-state index is 0.0723. The maximum atomic E-state index is 13.1. The van der Waals surface area contributed by atoms with Crippen molar-refractivity contribution in [3.8, 4) is 0 Å². The molecule has 3 amide bonds.